The highest BCUT2D eigenvalue weighted by Crippen LogP contribution is 2.24. The molecule has 0 aliphatic carbocycles. The first-order valence-corrected chi connectivity index (χ1v) is 17.3. The number of ether oxygens (including phenoxy) is 1. The van der Waals surface area contributed by atoms with Gasteiger partial charge in [-0.3, -0.25) is 0 Å². The number of rotatable bonds is 31. The number of aliphatic hydroxyl groups is 2. The first kappa shape index (κ1) is 37.8. The van der Waals surface area contributed by atoms with Crippen molar-refractivity contribution in [2.24, 2.45) is 11.7 Å². The van der Waals surface area contributed by atoms with Gasteiger partial charge in [-0.1, -0.05) is 168 Å². The zero-order valence-corrected chi connectivity index (χ0v) is 26.3. The topological polar surface area (TPSA) is 75.7 Å². The van der Waals surface area contributed by atoms with Crippen LogP contribution in [0.1, 0.15) is 188 Å². The van der Waals surface area contributed by atoms with Crippen molar-refractivity contribution < 1.29 is 14.9 Å². The van der Waals surface area contributed by atoms with Crippen LogP contribution in [0.4, 0.5) is 0 Å². The minimum Gasteiger partial charge on any atom is -0.391 e. The molecule has 0 aromatic heterocycles. The highest BCUT2D eigenvalue weighted by atomic mass is 16.6. The molecule has 230 valence electrons. The fraction of sp³-hybridized carbons (Fsp3) is 1.00. The Morgan fingerprint density at radius 1 is 0.500 bits per heavy atom. The average molecular weight is 542 g/mol. The van der Waals surface area contributed by atoms with Crippen molar-refractivity contribution in [2.45, 2.75) is 206 Å². The van der Waals surface area contributed by atoms with E-state index in [-0.39, 0.29) is 12.5 Å². The largest absolute Gasteiger partial charge is 0.391 e. The summed E-state index contributed by atoms with van der Waals surface area (Å²) in [5.74, 6) is 0.244. The van der Waals surface area contributed by atoms with Gasteiger partial charge in [-0.25, -0.2) is 0 Å². The smallest absolute Gasteiger partial charge is 0.151 e. The Kier molecular flexibility index (Phi) is 29.7. The number of unbranched alkanes of at least 4 members (excludes halogenated alkanes) is 22. The van der Waals surface area contributed by atoms with Gasteiger partial charge in [-0.2, -0.15) is 0 Å². The number of hydrogen-bond donors (Lipinski definition) is 3. The Balaban J connectivity index is 4.04. The van der Waals surface area contributed by atoms with E-state index in [1.807, 2.05) is 0 Å². The fourth-order valence-corrected chi connectivity index (χ4v) is 5.68. The van der Waals surface area contributed by atoms with E-state index in [4.69, 9.17) is 10.5 Å². The molecule has 0 aromatic rings. The number of nitrogens with two attached hydrogens (primary N) is 1. The SMILES string of the molecule is CCCCCCCCCCCCCCC(CCCCCCCCCCCCCC)C(O)C(N)COC(C)O. The predicted molar refractivity (Wildman–Crippen MR) is 166 cm³/mol. The van der Waals surface area contributed by atoms with E-state index in [0.717, 1.165) is 12.8 Å². The van der Waals surface area contributed by atoms with Crippen molar-refractivity contribution in [2.75, 3.05) is 6.61 Å². The Morgan fingerprint density at radius 3 is 1.08 bits per heavy atom. The second kappa shape index (κ2) is 29.8. The van der Waals surface area contributed by atoms with Gasteiger partial charge in [-0.05, 0) is 25.7 Å². The summed E-state index contributed by atoms with van der Waals surface area (Å²) in [5.41, 5.74) is 6.25. The Hall–Kier alpha value is -0.160. The minimum absolute atomic E-state index is 0.215. The Bertz CT molecular complexity index is 417. The molecule has 0 aliphatic heterocycles. The normalized spacial score (nSPS) is 14.3. The molecule has 0 saturated heterocycles. The zero-order valence-electron chi connectivity index (χ0n) is 26.3. The van der Waals surface area contributed by atoms with E-state index in [0.29, 0.717) is 0 Å². The van der Waals surface area contributed by atoms with Gasteiger partial charge >= 0.3 is 0 Å². The van der Waals surface area contributed by atoms with Crippen LogP contribution in [-0.4, -0.2) is 35.3 Å². The summed E-state index contributed by atoms with van der Waals surface area (Å²) >= 11 is 0. The number of aliphatic hydroxyl groups excluding tert-OH is 2. The van der Waals surface area contributed by atoms with Crippen molar-refractivity contribution in [1.82, 2.24) is 0 Å². The van der Waals surface area contributed by atoms with Crippen molar-refractivity contribution in [3.63, 3.8) is 0 Å². The summed E-state index contributed by atoms with van der Waals surface area (Å²) in [5, 5.41) is 20.4. The summed E-state index contributed by atoms with van der Waals surface area (Å²) in [6.07, 6.45) is 33.2. The van der Waals surface area contributed by atoms with Crippen LogP contribution in [0.2, 0.25) is 0 Å². The molecule has 3 atom stereocenters. The molecule has 38 heavy (non-hydrogen) atoms. The molecule has 4 nitrogen and oxygen atoms in total. The Labute approximate surface area is 239 Å². The molecule has 3 unspecified atom stereocenters. The van der Waals surface area contributed by atoms with E-state index >= 15 is 0 Å². The lowest BCUT2D eigenvalue weighted by atomic mass is 9.86. The average Bonchev–Trinajstić information content (AvgIpc) is 2.91. The highest BCUT2D eigenvalue weighted by Gasteiger charge is 2.25. The van der Waals surface area contributed by atoms with Crippen molar-refractivity contribution in [3.05, 3.63) is 0 Å². The maximum Gasteiger partial charge on any atom is 0.151 e. The van der Waals surface area contributed by atoms with Gasteiger partial charge in [0, 0.05) is 0 Å². The van der Waals surface area contributed by atoms with Gasteiger partial charge in [0.1, 0.15) is 0 Å². The molecular formula is C34H71NO3. The molecule has 0 amide bonds. The fourth-order valence-electron chi connectivity index (χ4n) is 5.68. The quantitative estimate of drug-likeness (QED) is 0.0603. The van der Waals surface area contributed by atoms with Gasteiger partial charge in [0.15, 0.2) is 6.29 Å². The van der Waals surface area contributed by atoms with Crippen LogP contribution >= 0.6 is 0 Å². The second-order valence-corrected chi connectivity index (χ2v) is 12.2. The molecule has 0 spiro atoms. The second-order valence-electron chi connectivity index (χ2n) is 12.2. The third-order valence-corrected chi connectivity index (χ3v) is 8.31. The monoisotopic (exact) mass is 542 g/mol. The molecule has 0 rings (SSSR count). The van der Waals surface area contributed by atoms with Crippen LogP contribution in [0, 0.1) is 5.92 Å². The molecule has 0 bridgehead atoms. The molecule has 0 fully saturated rings. The maximum atomic E-state index is 11.0. The lowest BCUT2D eigenvalue weighted by Gasteiger charge is -2.28. The van der Waals surface area contributed by atoms with Crippen LogP contribution < -0.4 is 5.73 Å². The Morgan fingerprint density at radius 2 is 0.789 bits per heavy atom. The molecule has 4 N–H and O–H groups in total. The maximum absolute atomic E-state index is 11.0. The lowest BCUT2D eigenvalue weighted by Crippen LogP contribution is -2.44. The van der Waals surface area contributed by atoms with E-state index in [9.17, 15) is 10.2 Å². The van der Waals surface area contributed by atoms with Gasteiger partial charge in [0.05, 0.1) is 18.8 Å². The standard InChI is InChI=1S/C34H71NO3/c1-4-6-8-10-12-14-16-18-20-22-24-26-28-32(34(37)33(35)30-38-31(3)36)29-27-25-23-21-19-17-15-13-11-9-7-5-2/h31-34,36-37H,4-30,35H2,1-3H3. The molecule has 4 heteroatoms. The van der Waals surface area contributed by atoms with Crippen LogP contribution in [0.15, 0.2) is 0 Å². The van der Waals surface area contributed by atoms with E-state index < -0.39 is 18.4 Å². The van der Waals surface area contributed by atoms with Crippen molar-refractivity contribution in [1.29, 1.82) is 0 Å². The van der Waals surface area contributed by atoms with Gasteiger partial charge in [0.2, 0.25) is 0 Å². The van der Waals surface area contributed by atoms with Crippen molar-refractivity contribution >= 4 is 0 Å². The summed E-state index contributed by atoms with van der Waals surface area (Å²) in [7, 11) is 0. The minimum atomic E-state index is -0.834. The van der Waals surface area contributed by atoms with Crippen molar-refractivity contribution in [3.8, 4) is 0 Å². The summed E-state index contributed by atoms with van der Waals surface area (Å²) in [6.45, 7) is 6.37. The first-order chi connectivity index (χ1) is 18.5. The van der Waals surface area contributed by atoms with E-state index in [1.165, 1.54) is 154 Å². The lowest BCUT2D eigenvalue weighted by molar-refractivity contribution is -0.100. The first-order valence-electron chi connectivity index (χ1n) is 17.3. The molecule has 0 radical (unpaired) electrons. The van der Waals surface area contributed by atoms with E-state index in [1.54, 1.807) is 6.92 Å². The highest BCUT2D eigenvalue weighted by molar-refractivity contribution is 4.79. The molecular weight excluding hydrogens is 470 g/mol. The van der Waals surface area contributed by atoms with Crippen LogP contribution in [0.5, 0.6) is 0 Å². The van der Waals surface area contributed by atoms with Gasteiger partial charge in [-0.15, -0.1) is 0 Å². The number of hydrogen-bond acceptors (Lipinski definition) is 4. The van der Waals surface area contributed by atoms with Crippen LogP contribution in [0.25, 0.3) is 0 Å². The summed E-state index contributed by atoms with van der Waals surface area (Å²) < 4.78 is 5.28. The molecule has 0 aliphatic rings. The zero-order chi connectivity index (χ0) is 28.1. The van der Waals surface area contributed by atoms with Crippen LogP contribution in [0.3, 0.4) is 0 Å². The molecule has 0 heterocycles. The van der Waals surface area contributed by atoms with Crippen LogP contribution in [-0.2, 0) is 4.74 Å². The third-order valence-electron chi connectivity index (χ3n) is 8.31. The molecule has 0 saturated carbocycles. The molecule has 0 aromatic carbocycles. The predicted octanol–water partition coefficient (Wildman–Crippen LogP) is 9.83. The summed E-state index contributed by atoms with van der Waals surface area (Å²) in [6, 6.07) is -0.427. The summed E-state index contributed by atoms with van der Waals surface area (Å²) in [4.78, 5) is 0. The van der Waals surface area contributed by atoms with Gasteiger partial charge in [0.25, 0.3) is 0 Å². The third kappa shape index (κ3) is 26.1. The van der Waals surface area contributed by atoms with E-state index in [2.05, 4.69) is 13.8 Å². The van der Waals surface area contributed by atoms with Gasteiger partial charge < -0.3 is 20.7 Å².